The molecule has 1 amide bonds. The Morgan fingerprint density at radius 1 is 1.38 bits per heavy atom. The van der Waals surface area contributed by atoms with E-state index in [1.807, 2.05) is 20.8 Å². The van der Waals surface area contributed by atoms with Gasteiger partial charge in [-0.3, -0.25) is 0 Å². The lowest BCUT2D eigenvalue weighted by Crippen LogP contribution is -2.39. The van der Waals surface area contributed by atoms with Gasteiger partial charge in [0, 0.05) is 26.6 Å². The lowest BCUT2D eigenvalue weighted by Gasteiger charge is -2.26. The number of terminal acetylenes is 1. The minimum absolute atomic E-state index is 0.347. The third-order valence-electron chi connectivity index (χ3n) is 1.74. The summed E-state index contributed by atoms with van der Waals surface area (Å²) in [4.78, 5) is 13.3. The van der Waals surface area contributed by atoms with Crippen LogP contribution >= 0.6 is 0 Å². The summed E-state index contributed by atoms with van der Waals surface area (Å²) in [6.07, 6.45) is 5.34. The Hall–Kier alpha value is -1.21. The summed E-state index contributed by atoms with van der Waals surface area (Å²) >= 11 is 0. The molecule has 16 heavy (non-hydrogen) atoms. The quantitative estimate of drug-likeness (QED) is 0.673. The molecule has 0 aliphatic heterocycles. The van der Waals surface area contributed by atoms with E-state index in [2.05, 4.69) is 5.92 Å². The van der Waals surface area contributed by atoms with Crippen molar-refractivity contribution in [3.8, 4) is 12.3 Å². The Balaban J connectivity index is 4.26. The second kappa shape index (κ2) is 7.13. The summed E-state index contributed by atoms with van der Waals surface area (Å²) in [5.74, 6) is 2.50. The first kappa shape index (κ1) is 14.8. The number of carbonyl (C=O) groups is 1. The molecule has 0 spiro atoms. The van der Waals surface area contributed by atoms with Gasteiger partial charge in [0.05, 0.1) is 6.61 Å². The number of ether oxygens (including phenoxy) is 2. The van der Waals surface area contributed by atoms with Gasteiger partial charge in [-0.15, -0.1) is 12.3 Å². The van der Waals surface area contributed by atoms with Crippen molar-refractivity contribution >= 4 is 6.09 Å². The predicted molar refractivity (Wildman–Crippen MR) is 63.1 cm³/mol. The number of hydrogen-bond donors (Lipinski definition) is 0. The molecule has 0 aliphatic carbocycles. The van der Waals surface area contributed by atoms with Gasteiger partial charge in [-0.2, -0.15) is 0 Å². The maximum absolute atomic E-state index is 11.8. The summed E-state index contributed by atoms with van der Waals surface area (Å²) in [5.41, 5.74) is -0.488. The molecule has 0 saturated heterocycles. The van der Waals surface area contributed by atoms with Crippen LogP contribution in [-0.4, -0.2) is 43.4 Å². The van der Waals surface area contributed by atoms with Crippen LogP contribution < -0.4 is 0 Å². The molecular formula is C12H21NO3. The monoisotopic (exact) mass is 227 g/mol. The average Bonchev–Trinajstić information content (AvgIpc) is 2.15. The summed E-state index contributed by atoms with van der Waals surface area (Å²) in [6.45, 7) is 6.97. The standard InChI is InChI=1S/C12H21NO3/c1-6-7-8-13(9-10-15-5)11(14)16-12(2,3)4/h1H,7-10H2,2-5H3. The average molecular weight is 227 g/mol. The molecule has 0 aromatic carbocycles. The molecule has 4 nitrogen and oxygen atoms in total. The Bertz CT molecular complexity index is 250. The summed E-state index contributed by atoms with van der Waals surface area (Å²) in [5, 5.41) is 0. The molecular weight excluding hydrogens is 206 g/mol. The van der Waals surface area contributed by atoms with Crippen molar-refractivity contribution in [1.29, 1.82) is 0 Å². The normalized spacial score (nSPS) is 10.7. The molecule has 92 valence electrons. The third-order valence-corrected chi connectivity index (χ3v) is 1.74. The number of rotatable bonds is 5. The van der Waals surface area contributed by atoms with E-state index in [9.17, 15) is 4.79 Å². The van der Waals surface area contributed by atoms with Crippen LogP contribution in [-0.2, 0) is 9.47 Å². The van der Waals surface area contributed by atoms with Crippen molar-refractivity contribution in [2.24, 2.45) is 0 Å². The second-order valence-corrected chi connectivity index (χ2v) is 4.41. The largest absolute Gasteiger partial charge is 0.444 e. The Morgan fingerprint density at radius 3 is 2.44 bits per heavy atom. The first-order valence-electron chi connectivity index (χ1n) is 5.31. The topological polar surface area (TPSA) is 38.8 Å². The molecule has 0 saturated carbocycles. The van der Waals surface area contributed by atoms with Crippen LogP contribution in [0.5, 0.6) is 0 Å². The van der Waals surface area contributed by atoms with Gasteiger partial charge >= 0.3 is 6.09 Å². The van der Waals surface area contributed by atoms with Crippen molar-refractivity contribution in [2.45, 2.75) is 32.8 Å². The molecule has 0 aromatic heterocycles. The van der Waals surface area contributed by atoms with Crippen molar-refractivity contribution in [2.75, 3.05) is 26.8 Å². The zero-order valence-corrected chi connectivity index (χ0v) is 10.6. The van der Waals surface area contributed by atoms with Gasteiger partial charge < -0.3 is 14.4 Å². The second-order valence-electron chi connectivity index (χ2n) is 4.41. The van der Waals surface area contributed by atoms with Gasteiger partial charge in [-0.25, -0.2) is 4.79 Å². The summed E-state index contributed by atoms with van der Waals surface area (Å²) < 4.78 is 10.2. The number of hydrogen-bond acceptors (Lipinski definition) is 3. The fraction of sp³-hybridized carbons (Fsp3) is 0.750. The highest BCUT2D eigenvalue weighted by molar-refractivity contribution is 5.68. The van der Waals surface area contributed by atoms with Crippen LogP contribution in [0.4, 0.5) is 4.79 Å². The molecule has 0 atom stereocenters. The smallest absolute Gasteiger partial charge is 0.410 e. The van der Waals surface area contributed by atoms with Crippen LogP contribution in [0.2, 0.25) is 0 Å². The van der Waals surface area contributed by atoms with E-state index in [-0.39, 0.29) is 6.09 Å². The van der Waals surface area contributed by atoms with Crippen molar-refractivity contribution < 1.29 is 14.3 Å². The molecule has 0 N–H and O–H groups in total. The van der Waals surface area contributed by atoms with E-state index in [0.29, 0.717) is 26.1 Å². The zero-order valence-electron chi connectivity index (χ0n) is 10.6. The van der Waals surface area contributed by atoms with Gasteiger partial charge in [-0.1, -0.05) is 0 Å². The highest BCUT2D eigenvalue weighted by atomic mass is 16.6. The SMILES string of the molecule is C#CCCN(CCOC)C(=O)OC(C)(C)C. The van der Waals surface area contributed by atoms with Crippen molar-refractivity contribution in [1.82, 2.24) is 4.90 Å². The van der Waals surface area contributed by atoms with Crippen molar-refractivity contribution in [3.63, 3.8) is 0 Å². The van der Waals surface area contributed by atoms with E-state index in [4.69, 9.17) is 15.9 Å². The number of methoxy groups -OCH3 is 1. The van der Waals surface area contributed by atoms with Crippen molar-refractivity contribution in [3.05, 3.63) is 0 Å². The first-order chi connectivity index (χ1) is 7.40. The third kappa shape index (κ3) is 7.13. The minimum atomic E-state index is -0.488. The molecule has 0 heterocycles. The minimum Gasteiger partial charge on any atom is -0.444 e. The Labute approximate surface area is 97.9 Å². The van der Waals surface area contributed by atoms with Crippen LogP contribution in [0.25, 0.3) is 0 Å². The van der Waals surface area contributed by atoms with Gasteiger partial charge in [0.2, 0.25) is 0 Å². The van der Waals surface area contributed by atoms with Gasteiger partial charge in [-0.05, 0) is 20.8 Å². The van der Waals surface area contributed by atoms with Gasteiger partial charge in [0.1, 0.15) is 5.60 Å². The van der Waals surface area contributed by atoms with Crippen LogP contribution in [0.1, 0.15) is 27.2 Å². The van der Waals surface area contributed by atoms with E-state index < -0.39 is 5.60 Å². The maximum atomic E-state index is 11.8. The fourth-order valence-corrected chi connectivity index (χ4v) is 1.02. The molecule has 0 aromatic rings. The van der Waals surface area contributed by atoms with Crippen LogP contribution in [0, 0.1) is 12.3 Å². The molecule has 0 rings (SSSR count). The summed E-state index contributed by atoms with van der Waals surface area (Å²) in [7, 11) is 1.59. The zero-order chi connectivity index (χ0) is 12.6. The molecule has 4 heteroatoms. The molecule has 0 aliphatic rings. The van der Waals surface area contributed by atoms with E-state index >= 15 is 0 Å². The van der Waals surface area contributed by atoms with Gasteiger partial charge in [0.15, 0.2) is 0 Å². The molecule has 0 unspecified atom stereocenters. The predicted octanol–water partition coefficient (Wildman–Crippen LogP) is 1.89. The highest BCUT2D eigenvalue weighted by Crippen LogP contribution is 2.10. The Morgan fingerprint density at radius 2 is 2.00 bits per heavy atom. The number of nitrogens with zero attached hydrogens (tertiary/aromatic N) is 1. The van der Waals surface area contributed by atoms with E-state index in [0.717, 1.165) is 0 Å². The molecule has 0 radical (unpaired) electrons. The summed E-state index contributed by atoms with van der Waals surface area (Å²) in [6, 6.07) is 0. The highest BCUT2D eigenvalue weighted by Gasteiger charge is 2.21. The molecule has 0 fully saturated rings. The van der Waals surface area contributed by atoms with E-state index in [1.165, 1.54) is 0 Å². The first-order valence-corrected chi connectivity index (χ1v) is 5.31. The van der Waals surface area contributed by atoms with Crippen LogP contribution in [0.3, 0.4) is 0 Å². The van der Waals surface area contributed by atoms with Gasteiger partial charge in [0.25, 0.3) is 0 Å². The number of carbonyl (C=O) groups excluding carboxylic acids is 1. The lowest BCUT2D eigenvalue weighted by molar-refractivity contribution is 0.0206. The van der Waals surface area contributed by atoms with Crippen LogP contribution in [0.15, 0.2) is 0 Å². The van der Waals surface area contributed by atoms with E-state index in [1.54, 1.807) is 12.0 Å². The maximum Gasteiger partial charge on any atom is 0.410 e. The molecule has 0 bridgehead atoms. The Kier molecular flexibility index (Phi) is 6.59. The lowest BCUT2D eigenvalue weighted by atomic mass is 10.2. The number of amides is 1. The fourth-order valence-electron chi connectivity index (χ4n) is 1.02.